The molecule has 20 heavy (non-hydrogen) atoms. The van der Waals surface area contributed by atoms with Gasteiger partial charge in [0.15, 0.2) is 0 Å². The van der Waals surface area contributed by atoms with Crippen LogP contribution in [0.2, 0.25) is 0 Å². The maximum atomic E-state index is 5.81. The van der Waals surface area contributed by atoms with E-state index in [-0.39, 0.29) is 0 Å². The fourth-order valence-electron chi connectivity index (χ4n) is 2.97. The van der Waals surface area contributed by atoms with Crippen LogP contribution in [0.4, 0.5) is 0 Å². The van der Waals surface area contributed by atoms with E-state index in [1.165, 1.54) is 19.3 Å². The van der Waals surface area contributed by atoms with Gasteiger partial charge in [-0.2, -0.15) is 11.8 Å². The Labute approximate surface area is 124 Å². The molecule has 108 valence electrons. The average Bonchev–Trinajstić information content (AvgIpc) is 3.18. The summed E-state index contributed by atoms with van der Waals surface area (Å²) in [4.78, 5) is 4.16. The van der Waals surface area contributed by atoms with Gasteiger partial charge >= 0.3 is 0 Å². The molecule has 1 saturated carbocycles. The van der Waals surface area contributed by atoms with Crippen LogP contribution in [-0.2, 0) is 12.3 Å². The Balaban J connectivity index is 1.57. The first-order valence-electron chi connectivity index (χ1n) is 7.14. The largest absolute Gasteiger partial charge is 0.464 e. The highest BCUT2D eigenvalue weighted by molar-refractivity contribution is 7.97. The maximum Gasteiger partial charge on any atom is 0.118 e. The third-order valence-electron chi connectivity index (χ3n) is 3.93. The van der Waals surface area contributed by atoms with Crippen LogP contribution in [0.5, 0.6) is 0 Å². The molecule has 0 spiro atoms. The van der Waals surface area contributed by atoms with Crippen LogP contribution < -0.4 is 5.32 Å². The summed E-state index contributed by atoms with van der Waals surface area (Å²) in [5, 5.41) is 3.64. The SMILES string of the molecule is CSCc1ccc(CNC2CCCC2n2ccnc2)o1. The Hall–Kier alpha value is -1.20. The van der Waals surface area contributed by atoms with Gasteiger partial charge in [-0.3, -0.25) is 0 Å². The zero-order chi connectivity index (χ0) is 13.8. The lowest BCUT2D eigenvalue weighted by molar-refractivity contribution is 0.368. The molecule has 2 heterocycles. The van der Waals surface area contributed by atoms with Gasteiger partial charge in [-0.25, -0.2) is 4.98 Å². The van der Waals surface area contributed by atoms with Gasteiger partial charge in [-0.1, -0.05) is 0 Å². The summed E-state index contributed by atoms with van der Waals surface area (Å²) in [5.41, 5.74) is 0. The van der Waals surface area contributed by atoms with Crippen molar-refractivity contribution in [1.82, 2.24) is 14.9 Å². The van der Waals surface area contributed by atoms with E-state index in [1.54, 1.807) is 11.8 Å². The Bertz CT molecular complexity index is 523. The van der Waals surface area contributed by atoms with E-state index < -0.39 is 0 Å². The van der Waals surface area contributed by atoms with Crippen LogP contribution in [0.15, 0.2) is 35.3 Å². The molecule has 2 aromatic heterocycles. The summed E-state index contributed by atoms with van der Waals surface area (Å²) in [5.74, 6) is 3.04. The van der Waals surface area contributed by atoms with Crippen LogP contribution in [0.25, 0.3) is 0 Å². The summed E-state index contributed by atoms with van der Waals surface area (Å²) in [7, 11) is 0. The number of hydrogen-bond acceptors (Lipinski definition) is 4. The lowest BCUT2D eigenvalue weighted by Gasteiger charge is -2.21. The van der Waals surface area contributed by atoms with Crippen LogP contribution in [-0.4, -0.2) is 21.8 Å². The van der Waals surface area contributed by atoms with Crippen molar-refractivity contribution >= 4 is 11.8 Å². The highest BCUT2D eigenvalue weighted by Gasteiger charge is 2.27. The molecule has 2 unspecified atom stereocenters. The molecule has 0 bridgehead atoms. The van der Waals surface area contributed by atoms with Crippen LogP contribution in [0.1, 0.15) is 36.8 Å². The topological polar surface area (TPSA) is 43.0 Å². The Morgan fingerprint density at radius 3 is 3.10 bits per heavy atom. The monoisotopic (exact) mass is 291 g/mol. The average molecular weight is 291 g/mol. The smallest absolute Gasteiger partial charge is 0.118 e. The summed E-state index contributed by atoms with van der Waals surface area (Å²) < 4.78 is 8.04. The standard InChI is InChI=1S/C15H21N3OS/c1-20-10-13-6-5-12(19-13)9-17-14-3-2-4-15(14)18-8-7-16-11-18/h5-8,11,14-15,17H,2-4,9-10H2,1H3. The third-order valence-corrected chi connectivity index (χ3v) is 4.50. The van der Waals surface area contributed by atoms with Crippen LogP contribution >= 0.6 is 11.8 Å². The van der Waals surface area contributed by atoms with E-state index in [0.717, 1.165) is 23.8 Å². The zero-order valence-corrected chi connectivity index (χ0v) is 12.6. The first-order valence-corrected chi connectivity index (χ1v) is 8.53. The van der Waals surface area contributed by atoms with Gasteiger partial charge < -0.3 is 14.3 Å². The van der Waals surface area contributed by atoms with Crippen molar-refractivity contribution < 1.29 is 4.42 Å². The van der Waals surface area contributed by atoms with E-state index in [4.69, 9.17) is 4.42 Å². The highest BCUT2D eigenvalue weighted by atomic mass is 32.2. The minimum atomic E-state index is 0.512. The molecule has 0 aromatic carbocycles. The molecule has 3 rings (SSSR count). The number of nitrogens with one attached hydrogen (secondary N) is 1. The van der Waals surface area contributed by atoms with Gasteiger partial charge in [-0.05, 0) is 37.7 Å². The minimum Gasteiger partial charge on any atom is -0.464 e. The van der Waals surface area contributed by atoms with E-state index >= 15 is 0 Å². The normalized spacial score (nSPS) is 22.4. The Morgan fingerprint density at radius 1 is 1.40 bits per heavy atom. The first kappa shape index (κ1) is 13.8. The van der Waals surface area contributed by atoms with Crippen molar-refractivity contribution in [2.75, 3.05) is 6.26 Å². The second-order valence-electron chi connectivity index (χ2n) is 5.30. The van der Waals surface area contributed by atoms with E-state index in [1.807, 2.05) is 12.5 Å². The molecular weight excluding hydrogens is 270 g/mol. The zero-order valence-electron chi connectivity index (χ0n) is 11.8. The molecule has 0 saturated heterocycles. The third kappa shape index (κ3) is 3.10. The first-order chi connectivity index (χ1) is 9.86. The molecule has 5 heteroatoms. The molecule has 1 N–H and O–H groups in total. The molecule has 4 nitrogen and oxygen atoms in total. The van der Waals surface area contributed by atoms with Crippen molar-refractivity contribution in [3.8, 4) is 0 Å². The Kier molecular flexibility index (Phi) is 4.47. The molecule has 1 fully saturated rings. The predicted octanol–water partition coefficient (Wildman–Crippen LogP) is 3.22. The van der Waals surface area contributed by atoms with E-state index in [2.05, 4.69) is 39.5 Å². The maximum absolute atomic E-state index is 5.81. The number of rotatable bonds is 6. The fraction of sp³-hybridized carbons (Fsp3) is 0.533. The predicted molar refractivity (Wildman–Crippen MR) is 81.7 cm³/mol. The number of imidazole rings is 1. The van der Waals surface area contributed by atoms with Crippen LogP contribution in [0, 0.1) is 0 Å². The van der Waals surface area contributed by atoms with Crippen molar-refractivity contribution in [2.45, 2.75) is 43.6 Å². The van der Waals surface area contributed by atoms with Crippen molar-refractivity contribution in [2.24, 2.45) is 0 Å². The lowest BCUT2D eigenvalue weighted by Crippen LogP contribution is -2.33. The number of thioether (sulfide) groups is 1. The summed E-state index contributed by atoms with van der Waals surface area (Å²) in [6.45, 7) is 0.810. The summed E-state index contributed by atoms with van der Waals surface area (Å²) >= 11 is 1.79. The van der Waals surface area contributed by atoms with Crippen molar-refractivity contribution in [3.63, 3.8) is 0 Å². The summed E-state index contributed by atoms with van der Waals surface area (Å²) in [6, 6.07) is 5.20. The van der Waals surface area contributed by atoms with Gasteiger partial charge in [0.05, 0.1) is 18.6 Å². The van der Waals surface area contributed by atoms with Gasteiger partial charge in [0.1, 0.15) is 11.5 Å². The Morgan fingerprint density at radius 2 is 2.30 bits per heavy atom. The molecule has 0 amide bonds. The summed E-state index contributed by atoms with van der Waals surface area (Å²) in [6.07, 6.45) is 11.7. The fourth-order valence-corrected chi connectivity index (χ4v) is 3.41. The number of hydrogen-bond donors (Lipinski definition) is 1. The van der Waals surface area contributed by atoms with Gasteiger partial charge in [0.25, 0.3) is 0 Å². The van der Waals surface area contributed by atoms with Crippen molar-refractivity contribution in [1.29, 1.82) is 0 Å². The van der Waals surface area contributed by atoms with Gasteiger partial charge in [-0.15, -0.1) is 0 Å². The number of nitrogens with zero attached hydrogens (tertiary/aromatic N) is 2. The van der Waals surface area contributed by atoms with Crippen molar-refractivity contribution in [3.05, 3.63) is 42.4 Å². The molecular formula is C15H21N3OS. The highest BCUT2D eigenvalue weighted by Crippen LogP contribution is 2.30. The van der Waals surface area contributed by atoms with Gasteiger partial charge in [0.2, 0.25) is 0 Å². The molecule has 2 aromatic rings. The molecule has 1 aliphatic carbocycles. The van der Waals surface area contributed by atoms with E-state index in [0.29, 0.717) is 12.1 Å². The molecule has 1 aliphatic rings. The minimum absolute atomic E-state index is 0.512. The number of aromatic nitrogens is 2. The molecule has 0 radical (unpaired) electrons. The molecule has 2 atom stereocenters. The number of furan rings is 1. The second-order valence-corrected chi connectivity index (χ2v) is 6.16. The molecule has 0 aliphatic heterocycles. The van der Waals surface area contributed by atoms with Crippen LogP contribution in [0.3, 0.4) is 0 Å². The quantitative estimate of drug-likeness (QED) is 0.887. The van der Waals surface area contributed by atoms with E-state index in [9.17, 15) is 0 Å². The van der Waals surface area contributed by atoms with Gasteiger partial charge in [0, 0.05) is 24.5 Å². The lowest BCUT2D eigenvalue weighted by atomic mass is 10.1. The second kappa shape index (κ2) is 6.50.